The zero-order valence-electron chi connectivity index (χ0n) is 11.8. The summed E-state index contributed by atoms with van der Waals surface area (Å²) in [5.74, 6) is 0.572. The van der Waals surface area contributed by atoms with Crippen LogP contribution < -0.4 is 5.73 Å². The van der Waals surface area contributed by atoms with Gasteiger partial charge in [0.2, 0.25) is 0 Å². The van der Waals surface area contributed by atoms with Crippen molar-refractivity contribution in [1.29, 1.82) is 0 Å². The standard InChI is InChI=1S/C18H23N/c1-3-14(4-2)18(19)17-12-10-16(11-13-17)15-8-6-5-7-9-15/h5-14,18H,3-4,19H2,1-2H3. The molecule has 2 N–H and O–H groups in total. The lowest BCUT2D eigenvalue weighted by molar-refractivity contribution is 0.405. The molecule has 0 spiro atoms. The first kappa shape index (κ1) is 13.8. The Balaban J connectivity index is 2.19. The zero-order chi connectivity index (χ0) is 13.7. The maximum Gasteiger partial charge on any atom is 0.0323 e. The number of rotatable bonds is 5. The van der Waals surface area contributed by atoms with Crippen LogP contribution in [0.2, 0.25) is 0 Å². The predicted molar refractivity (Wildman–Crippen MR) is 82.9 cm³/mol. The van der Waals surface area contributed by atoms with Gasteiger partial charge < -0.3 is 5.73 Å². The molecule has 0 radical (unpaired) electrons. The van der Waals surface area contributed by atoms with Crippen LogP contribution in [0.5, 0.6) is 0 Å². The summed E-state index contributed by atoms with van der Waals surface area (Å²) in [5.41, 5.74) is 10.1. The Morgan fingerprint density at radius 2 is 1.32 bits per heavy atom. The van der Waals surface area contributed by atoms with E-state index in [1.165, 1.54) is 16.7 Å². The molecule has 1 unspecified atom stereocenters. The quantitative estimate of drug-likeness (QED) is 0.814. The molecular weight excluding hydrogens is 230 g/mol. The van der Waals surface area contributed by atoms with E-state index in [1.54, 1.807) is 0 Å². The van der Waals surface area contributed by atoms with Crippen molar-refractivity contribution in [2.45, 2.75) is 32.7 Å². The third-order valence-electron chi connectivity index (χ3n) is 3.96. The summed E-state index contributed by atoms with van der Waals surface area (Å²) >= 11 is 0. The fourth-order valence-corrected chi connectivity index (χ4v) is 2.60. The highest BCUT2D eigenvalue weighted by Crippen LogP contribution is 2.27. The van der Waals surface area contributed by atoms with Crippen molar-refractivity contribution in [3.05, 3.63) is 60.2 Å². The van der Waals surface area contributed by atoms with Gasteiger partial charge in [-0.2, -0.15) is 0 Å². The molecule has 0 amide bonds. The molecule has 0 aliphatic rings. The molecule has 0 heterocycles. The van der Waals surface area contributed by atoms with Crippen molar-refractivity contribution < 1.29 is 0 Å². The van der Waals surface area contributed by atoms with E-state index in [9.17, 15) is 0 Å². The van der Waals surface area contributed by atoms with Gasteiger partial charge >= 0.3 is 0 Å². The summed E-state index contributed by atoms with van der Waals surface area (Å²) in [5, 5.41) is 0. The van der Waals surface area contributed by atoms with E-state index in [2.05, 4.69) is 62.4 Å². The van der Waals surface area contributed by atoms with E-state index < -0.39 is 0 Å². The van der Waals surface area contributed by atoms with Gasteiger partial charge in [0.1, 0.15) is 0 Å². The summed E-state index contributed by atoms with van der Waals surface area (Å²) < 4.78 is 0. The first-order valence-corrected chi connectivity index (χ1v) is 7.17. The van der Waals surface area contributed by atoms with Crippen LogP contribution >= 0.6 is 0 Å². The molecule has 2 aromatic rings. The van der Waals surface area contributed by atoms with Crippen molar-refractivity contribution in [3.63, 3.8) is 0 Å². The summed E-state index contributed by atoms with van der Waals surface area (Å²) in [4.78, 5) is 0. The zero-order valence-corrected chi connectivity index (χ0v) is 11.8. The highest BCUT2D eigenvalue weighted by molar-refractivity contribution is 5.63. The minimum Gasteiger partial charge on any atom is -0.324 e. The first-order chi connectivity index (χ1) is 9.26. The van der Waals surface area contributed by atoms with E-state index in [4.69, 9.17) is 5.73 Å². The average molecular weight is 253 g/mol. The molecule has 0 aliphatic carbocycles. The van der Waals surface area contributed by atoms with Gasteiger partial charge in [-0.05, 0) is 22.6 Å². The fraction of sp³-hybridized carbons (Fsp3) is 0.333. The highest BCUT2D eigenvalue weighted by atomic mass is 14.6. The fourth-order valence-electron chi connectivity index (χ4n) is 2.60. The molecule has 0 aromatic heterocycles. The number of hydrogen-bond acceptors (Lipinski definition) is 1. The lowest BCUT2D eigenvalue weighted by Crippen LogP contribution is -2.20. The van der Waals surface area contributed by atoms with E-state index in [0.29, 0.717) is 5.92 Å². The minimum atomic E-state index is 0.153. The van der Waals surface area contributed by atoms with Gasteiger partial charge in [0.25, 0.3) is 0 Å². The Bertz CT molecular complexity index is 483. The molecule has 0 fully saturated rings. The second kappa shape index (κ2) is 6.53. The Kier molecular flexibility index (Phi) is 4.75. The molecule has 19 heavy (non-hydrogen) atoms. The summed E-state index contributed by atoms with van der Waals surface area (Å²) in [6, 6.07) is 19.3. The molecule has 0 bridgehead atoms. The van der Waals surface area contributed by atoms with Gasteiger partial charge in [0.05, 0.1) is 0 Å². The van der Waals surface area contributed by atoms with Crippen LogP contribution in [0.1, 0.15) is 38.3 Å². The van der Waals surface area contributed by atoms with Crippen molar-refractivity contribution in [3.8, 4) is 11.1 Å². The average Bonchev–Trinajstić information content (AvgIpc) is 2.49. The molecule has 0 saturated carbocycles. The summed E-state index contributed by atoms with van der Waals surface area (Å²) in [6.45, 7) is 4.43. The minimum absolute atomic E-state index is 0.153. The first-order valence-electron chi connectivity index (χ1n) is 7.17. The molecule has 1 nitrogen and oxygen atoms in total. The summed E-state index contributed by atoms with van der Waals surface area (Å²) in [6.07, 6.45) is 2.27. The van der Waals surface area contributed by atoms with Crippen LogP contribution in [0.25, 0.3) is 11.1 Å². The van der Waals surface area contributed by atoms with Gasteiger partial charge in [-0.15, -0.1) is 0 Å². The van der Waals surface area contributed by atoms with Crippen molar-refractivity contribution in [1.82, 2.24) is 0 Å². The maximum atomic E-state index is 6.35. The van der Waals surface area contributed by atoms with Crippen LogP contribution in [0.3, 0.4) is 0 Å². The molecule has 1 heteroatoms. The second-order valence-corrected chi connectivity index (χ2v) is 5.09. The lowest BCUT2D eigenvalue weighted by Gasteiger charge is -2.21. The number of benzene rings is 2. The normalized spacial score (nSPS) is 12.6. The molecular formula is C18H23N. The molecule has 2 rings (SSSR count). The van der Waals surface area contributed by atoms with Gasteiger partial charge in [-0.3, -0.25) is 0 Å². The van der Waals surface area contributed by atoms with Crippen LogP contribution in [0.4, 0.5) is 0 Å². The molecule has 0 saturated heterocycles. The SMILES string of the molecule is CCC(CC)C(N)c1ccc(-c2ccccc2)cc1. The van der Waals surface area contributed by atoms with Crippen LogP contribution in [0, 0.1) is 5.92 Å². The third kappa shape index (κ3) is 3.24. The van der Waals surface area contributed by atoms with E-state index in [1.807, 2.05) is 6.07 Å². The monoisotopic (exact) mass is 253 g/mol. The van der Waals surface area contributed by atoms with E-state index in [0.717, 1.165) is 12.8 Å². The molecule has 100 valence electrons. The third-order valence-corrected chi connectivity index (χ3v) is 3.96. The largest absolute Gasteiger partial charge is 0.324 e. The van der Waals surface area contributed by atoms with Crippen molar-refractivity contribution >= 4 is 0 Å². The predicted octanol–water partition coefficient (Wildman–Crippen LogP) is 4.79. The smallest absolute Gasteiger partial charge is 0.0323 e. The molecule has 1 atom stereocenters. The van der Waals surface area contributed by atoms with E-state index in [-0.39, 0.29) is 6.04 Å². The van der Waals surface area contributed by atoms with Crippen LogP contribution in [-0.2, 0) is 0 Å². The number of hydrogen-bond donors (Lipinski definition) is 1. The highest BCUT2D eigenvalue weighted by Gasteiger charge is 2.15. The Morgan fingerprint density at radius 3 is 1.84 bits per heavy atom. The Labute approximate surface area is 116 Å². The van der Waals surface area contributed by atoms with Gasteiger partial charge in [0.15, 0.2) is 0 Å². The van der Waals surface area contributed by atoms with Crippen molar-refractivity contribution in [2.75, 3.05) is 0 Å². The molecule has 2 aromatic carbocycles. The Hall–Kier alpha value is -1.60. The van der Waals surface area contributed by atoms with Gasteiger partial charge in [-0.25, -0.2) is 0 Å². The second-order valence-electron chi connectivity index (χ2n) is 5.09. The Morgan fingerprint density at radius 1 is 0.789 bits per heavy atom. The maximum absolute atomic E-state index is 6.35. The van der Waals surface area contributed by atoms with Crippen LogP contribution in [0.15, 0.2) is 54.6 Å². The topological polar surface area (TPSA) is 26.0 Å². The van der Waals surface area contributed by atoms with Gasteiger partial charge in [-0.1, -0.05) is 81.3 Å². The lowest BCUT2D eigenvalue weighted by atomic mass is 9.89. The summed E-state index contributed by atoms with van der Waals surface area (Å²) in [7, 11) is 0. The molecule has 0 aliphatic heterocycles. The number of nitrogens with two attached hydrogens (primary N) is 1. The van der Waals surface area contributed by atoms with Gasteiger partial charge in [0, 0.05) is 6.04 Å². The van der Waals surface area contributed by atoms with Crippen molar-refractivity contribution in [2.24, 2.45) is 11.7 Å². The van der Waals surface area contributed by atoms with E-state index >= 15 is 0 Å². The van der Waals surface area contributed by atoms with Crippen LogP contribution in [-0.4, -0.2) is 0 Å².